The number of hydrogen-bond acceptors (Lipinski definition) is 8. The van der Waals surface area contributed by atoms with Crippen molar-refractivity contribution in [3.05, 3.63) is 231 Å². The Labute approximate surface area is 535 Å². The standard InChI is InChI=1S/C40H31BO3S.C40H31BO2S2/c1-39(2)40(3,4)44-41(43-39)29-15-17-36-33(23-29)30-16-14-27(22-37(30)45-36)28-19-31(24-10-6-5-7-11-24)38-34(20-28)32-18-25-12-8-9-13-26(25)21-35(32)42-38;1-39(2)40(3,4)43-41(42-39)32-15-10-16-34-38(32)30-20-27(17-18-33(30)44-34)28-21-29(24-11-6-5-7-12-24)37-31-19-25-13-8-9-14-26(25)22-35(31)45-36(37)23-28/h2*5-23H,1-4H3. The van der Waals surface area contributed by atoms with Gasteiger partial charge in [-0.1, -0.05) is 152 Å². The maximum atomic E-state index is 6.61. The van der Waals surface area contributed by atoms with E-state index in [1.165, 1.54) is 115 Å². The Morgan fingerprint density at radius 3 is 1.49 bits per heavy atom. The van der Waals surface area contributed by atoms with Crippen LogP contribution in [0, 0.1) is 0 Å². The molecule has 2 fully saturated rings. The fourth-order valence-corrected chi connectivity index (χ4v) is 16.9. The van der Waals surface area contributed by atoms with Crippen molar-refractivity contribution in [3.8, 4) is 44.5 Å². The van der Waals surface area contributed by atoms with Gasteiger partial charge < -0.3 is 23.0 Å². The lowest BCUT2D eigenvalue weighted by atomic mass is 9.76. The van der Waals surface area contributed by atoms with Gasteiger partial charge in [0.05, 0.1) is 22.4 Å². The van der Waals surface area contributed by atoms with Crippen molar-refractivity contribution in [1.29, 1.82) is 0 Å². The molecule has 0 N–H and O–H groups in total. The van der Waals surface area contributed by atoms with Crippen LogP contribution in [0.25, 0.3) is 149 Å². The van der Waals surface area contributed by atoms with Gasteiger partial charge in [0.25, 0.3) is 0 Å². The van der Waals surface area contributed by atoms with Crippen LogP contribution in [-0.2, 0) is 18.6 Å². The second-order valence-corrected chi connectivity index (χ2v) is 29.7. The molecule has 2 aliphatic rings. The Kier molecular flexibility index (Phi) is 12.7. The molecule has 0 unspecified atom stereocenters. The summed E-state index contributed by atoms with van der Waals surface area (Å²) in [7, 11) is -0.783. The fraction of sp³-hybridized carbons (Fsp3) is 0.150. The van der Waals surface area contributed by atoms with Crippen LogP contribution in [0.2, 0.25) is 0 Å². The van der Waals surface area contributed by atoms with E-state index in [2.05, 4.69) is 286 Å². The zero-order valence-electron chi connectivity index (χ0n) is 51.4. The van der Waals surface area contributed by atoms with Crippen LogP contribution in [0.4, 0.5) is 0 Å². The van der Waals surface area contributed by atoms with Crippen molar-refractivity contribution in [2.75, 3.05) is 0 Å². The first-order valence-electron chi connectivity index (χ1n) is 31.0. The van der Waals surface area contributed by atoms with Gasteiger partial charge in [-0.15, -0.1) is 34.0 Å². The first kappa shape index (κ1) is 55.6. The second kappa shape index (κ2) is 20.6. The molecule has 0 aliphatic carbocycles. The quantitative estimate of drug-likeness (QED) is 0.155. The summed E-state index contributed by atoms with van der Waals surface area (Å²) in [6.45, 7) is 16.9. The maximum absolute atomic E-state index is 6.61. The fourth-order valence-electron chi connectivity index (χ4n) is 13.5. The summed E-state index contributed by atoms with van der Waals surface area (Å²) >= 11 is 5.56. The molecule has 0 amide bonds. The molecule has 0 radical (unpaired) electrons. The predicted octanol–water partition coefficient (Wildman–Crippen LogP) is 21.9. The van der Waals surface area contributed by atoms with E-state index in [0.29, 0.717) is 0 Å². The molecular formula is C80H62B2O5S3. The highest BCUT2D eigenvalue weighted by Crippen LogP contribution is 2.48. The molecule has 12 aromatic carbocycles. The highest BCUT2D eigenvalue weighted by Gasteiger charge is 2.53. The van der Waals surface area contributed by atoms with E-state index >= 15 is 0 Å². The molecular weight excluding hydrogens is 1160 g/mol. The van der Waals surface area contributed by atoms with Gasteiger partial charge in [0.15, 0.2) is 0 Å². The normalized spacial score (nSPS) is 16.1. The van der Waals surface area contributed by atoms with Gasteiger partial charge in [-0.25, -0.2) is 0 Å². The Morgan fingerprint density at radius 2 is 0.789 bits per heavy atom. The van der Waals surface area contributed by atoms with Crippen LogP contribution in [0.3, 0.4) is 0 Å². The van der Waals surface area contributed by atoms with Crippen molar-refractivity contribution >= 4 is 163 Å². The van der Waals surface area contributed by atoms with E-state index in [-0.39, 0.29) is 18.3 Å². The molecule has 18 rings (SSSR count). The van der Waals surface area contributed by atoms with Crippen molar-refractivity contribution < 1.29 is 23.0 Å². The lowest BCUT2D eigenvalue weighted by Crippen LogP contribution is -2.41. The maximum Gasteiger partial charge on any atom is 0.495 e. The van der Waals surface area contributed by atoms with Crippen LogP contribution in [0.15, 0.2) is 235 Å². The van der Waals surface area contributed by atoms with Gasteiger partial charge in [0, 0.05) is 71.5 Å². The average molecular weight is 1220 g/mol. The van der Waals surface area contributed by atoms with Crippen LogP contribution < -0.4 is 10.9 Å². The van der Waals surface area contributed by atoms with Crippen LogP contribution in [-0.4, -0.2) is 36.6 Å². The van der Waals surface area contributed by atoms with E-state index < -0.39 is 18.3 Å². The third-order valence-electron chi connectivity index (χ3n) is 19.8. The lowest BCUT2D eigenvalue weighted by molar-refractivity contribution is 0.00578. The minimum absolute atomic E-state index is 0.370. The highest BCUT2D eigenvalue weighted by atomic mass is 32.1. The van der Waals surface area contributed by atoms with E-state index in [1.54, 1.807) is 0 Å². The Hall–Kier alpha value is -8.41. The molecule has 5 nitrogen and oxygen atoms in total. The van der Waals surface area contributed by atoms with Crippen molar-refractivity contribution in [3.63, 3.8) is 0 Å². The topological polar surface area (TPSA) is 50.1 Å². The van der Waals surface area contributed by atoms with Crippen molar-refractivity contribution in [2.24, 2.45) is 0 Å². The number of benzene rings is 12. The van der Waals surface area contributed by atoms with E-state index in [9.17, 15) is 0 Å². The van der Waals surface area contributed by atoms with Crippen molar-refractivity contribution in [2.45, 2.75) is 77.8 Å². The molecule has 16 aromatic rings. The number of hydrogen-bond donors (Lipinski definition) is 0. The Bertz CT molecular complexity index is 5570. The predicted molar refractivity (Wildman–Crippen MR) is 387 cm³/mol. The molecule has 0 saturated carbocycles. The van der Waals surface area contributed by atoms with Gasteiger partial charge in [-0.3, -0.25) is 0 Å². The average Bonchev–Trinajstić information content (AvgIpc) is 1.61. The molecule has 0 spiro atoms. The minimum Gasteiger partial charge on any atom is -0.455 e. The molecule has 436 valence electrons. The summed E-state index contributed by atoms with van der Waals surface area (Å²) < 4.78 is 40.1. The summed E-state index contributed by atoms with van der Waals surface area (Å²) in [4.78, 5) is 0. The number of fused-ring (bicyclic) bond motifs is 14. The van der Waals surface area contributed by atoms with Crippen LogP contribution in [0.1, 0.15) is 55.4 Å². The number of rotatable bonds is 6. The van der Waals surface area contributed by atoms with Crippen LogP contribution >= 0.6 is 34.0 Å². The summed E-state index contributed by atoms with van der Waals surface area (Å²) in [6.07, 6.45) is 0. The molecule has 10 heteroatoms. The van der Waals surface area contributed by atoms with Gasteiger partial charge in [-0.05, 0) is 211 Å². The minimum atomic E-state index is -0.407. The van der Waals surface area contributed by atoms with Gasteiger partial charge >= 0.3 is 14.2 Å². The smallest absolute Gasteiger partial charge is 0.455 e. The molecule has 2 aliphatic heterocycles. The summed E-state index contributed by atoms with van der Waals surface area (Å²) in [6, 6.07) is 84.0. The zero-order valence-corrected chi connectivity index (χ0v) is 53.8. The molecule has 0 bridgehead atoms. The van der Waals surface area contributed by atoms with Gasteiger partial charge in [0.1, 0.15) is 11.2 Å². The second-order valence-electron chi connectivity index (χ2n) is 26.4. The lowest BCUT2D eigenvalue weighted by Gasteiger charge is -2.32. The summed E-state index contributed by atoms with van der Waals surface area (Å²) in [5, 5.41) is 14.9. The van der Waals surface area contributed by atoms with E-state index in [4.69, 9.17) is 23.0 Å². The van der Waals surface area contributed by atoms with Gasteiger partial charge in [0.2, 0.25) is 0 Å². The van der Waals surface area contributed by atoms with Gasteiger partial charge in [-0.2, -0.15) is 0 Å². The third kappa shape index (κ3) is 9.09. The highest BCUT2D eigenvalue weighted by molar-refractivity contribution is 7.27. The zero-order chi connectivity index (χ0) is 61.0. The summed E-state index contributed by atoms with van der Waals surface area (Å²) in [5.74, 6) is 0. The SMILES string of the molecule is CC1(C)OB(c2ccc3sc4cc(-c5cc(-c6ccccc6)c6oc7cc8ccccc8cc7c6c5)ccc4c3c2)OC1(C)C.CC1(C)OB(c2cccc3sc4ccc(-c5cc(-c6ccccc6)c6c(c5)sc5cc7ccccc7cc56)cc4c23)OC1(C)C. The number of furan rings is 1. The summed E-state index contributed by atoms with van der Waals surface area (Å²) in [5.41, 5.74) is 12.0. The molecule has 6 heterocycles. The Balaban J connectivity index is 0.000000139. The first-order valence-corrected chi connectivity index (χ1v) is 33.5. The van der Waals surface area contributed by atoms with E-state index in [0.717, 1.165) is 44.0 Å². The van der Waals surface area contributed by atoms with Crippen LogP contribution in [0.5, 0.6) is 0 Å². The van der Waals surface area contributed by atoms with Crippen molar-refractivity contribution in [1.82, 2.24) is 0 Å². The molecule has 90 heavy (non-hydrogen) atoms. The first-order chi connectivity index (χ1) is 43.5. The largest absolute Gasteiger partial charge is 0.495 e. The number of thiophene rings is 3. The monoisotopic (exact) mass is 1220 g/mol. The molecule has 4 aromatic heterocycles. The molecule has 2 saturated heterocycles. The third-order valence-corrected chi connectivity index (χ3v) is 23.1. The molecule has 0 atom stereocenters. The Morgan fingerprint density at radius 1 is 0.289 bits per heavy atom. The van der Waals surface area contributed by atoms with E-state index in [1.807, 2.05) is 34.0 Å².